The molecule has 0 aromatic heterocycles. The largest absolute Gasteiger partial charge is 0.339 e. The molecule has 7 heteroatoms. The Morgan fingerprint density at radius 1 is 1.17 bits per heavy atom. The van der Waals surface area contributed by atoms with Crippen LogP contribution >= 0.6 is 11.6 Å². The van der Waals surface area contributed by atoms with Gasteiger partial charge in [0.05, 0.1) is 16.5 Å². The second kappa shape index (κ2) is 7.49. The summed E-state index contributed by atoms with van der Waals surface area (Å²) in [4.78, 5) is 28.5. The van der Waals surface area contributed by atoms with E-state index in [1.807, 2.05) is 4.90 Å². The molecule has 3 rings (SSSR count). The van der Waals surface area contributed by atoms with Gasteiger partial charge in [-0.2, -0.15) is 0 Å². The van der Waals surface area contributed by atoms with Crippen LogP contribution in [0, 0.1) is 11.7 Å². The number of halogens is 2. The molecular weight excluding hydrogens is 333 g/mol. The molecular formula is C17H21ClFN3O2. The summed E-state index contributed by atoms with van der Waals surface area (Å²) in [6.07, 6.45) is 1.95. The number of piperidine rings is 1. The first kappa shape index (κ1) is 17.2. The quantitative estimate of drug-likeness (QED) is 0.881. The Morgan fingerprint density at radius 3 is 2.50 bits per heavy atom. The summed E-state index contributed by atoms with van der Waals surface area (Å²) in [6.45, 7) is 3.71. The smallest absolute Gasteiger partial charge is 0.255 e. The molecule has 0 aliphatic carbocycles. The molecule has 1 atom stereocenters. The summed E-state index contributed by atoms with van der Waals surface area (Å²) in [7, 11) is 0. The van der Waals surface area contributed by atoms with E-state index >= 15 is 0 Å². The van der Waals surface area contributed by atoms with Crippen LogP contribution in [0.5, 0.6) is 0 Å². The van der Waals surface area contributed by atoms with Crippen molar-refractivity contribution in [2.24, 2.45) is 5.92 Å². The van der Waals surface area contributed by atoms with Crippen LogP contribution in [-0.2, 0) is 4.79 Å². The highest BCUT2D eigenvalue weighted by Gasteiger charge is 2.30. The van der Waals surface area contributed by atoms with E-state index in [4.69, 9.17) is 11.6 Å². The molecule has 5 nitrogen and oxygen atoms in total. The number of carbonyl (C=O) groups is 2. The van der Waals surface area contributed by atoms with Gasteiger partial charge >= 0.3 is 0 Å². The van der Waals surface area contributed by atoms with E-state index in [2.05, 4.69) is 5.32 Å². The molecule has 24 heavy (non-hydrogen) atoms. The topological polar surface area (TPSA) is 52.7 Å². The molecule has 2 heterocycles. The van der Waals surface area contributed by atoms with Gasteiger partial charge in [-0.05, 0) is 37.6 Å². The highest BCUT2D eigenvalue weighted by molar-refractivity contribution is 6.33. The summed E-state index contributed by atoms with van der Waals surface area (Å²) in [6, 6.07) is 3.78. The minimum Gasteiger partial charge on any atom is -0.339 e. The van der Waals surface area contributed by atoms with Crippen molar-refractivity contribution < 1.29 is 14.0 Å². The molecule has 1 unspecified atom stereocenters. The van der Waals surface area contributed by atoms with E-state index in [1.54, 1.807) is 4.90 Å². The third-order valence-corrected chi connectivity index (χ3v) is 5.00. The van der Waals surface area contributed by atoms with Crippen LogP contribution in [0.3, 0.4) is 0 Å². The molecule has 1 N–H and O–H groups in total. The van der Waals surface area contributed by atoms with E-state index in [0.717, 1.165) is 32.0 Å². The third kappa shape index (κ3) is 3.70. The minimum absolute atomic E-state index is 0.0487. The van der Waals surface area contributed by atoms with Gasteiger partial charge in [0.2, 0.25) is 5.91 Å². The fraction of sp³-hybridized carbons (Fsp3) is 0.529. The van der Waals surface area contributed by atoms with Crippen LogP contribution in [-0.4, -0.2) is 60.9 Å². The van der Waals surface area contributed by atoms with Gasteiger partial charge < -0.3 is 15.1 Å². The molecule has 2 aliphatic heterocycles. The average molecular weight is 354 g/mol. The van der Waals surface area contributed by atoms with Gasteiger partial charge in [-0.25, -0.2) is 4.39 Å². The van der Waals surface area contributed by atoms with Gasteiger partial charge in [0, 0.05) is 32.7 Å². The van der Waals surface area contributed by atoms with Crippen LogP contribution in [0.25, 0.3) is 0 Å². The Kier molecular flexibility index (Phi) is 5.36. The Hall–Kier alpha value is -1.66. The number of hydrogen-bond acceptors (Lipinski definition) is 3. The molecule has 1 aromatic rings. The molecule has 2 saturated heterocycles. The lowest BCUT2D eigenvalue weighted by Gasteiger charge is -2.37. The van der Waals surface area contributed by atoms with Gasteiger partial charge in [0.15, 0.2) is 0 Å². The van der Waals surface area contributed by atoms with E-state index < -0.39 is 5.82 Å². The highest BCUT2D eigenvalue weighted by Crippen LogP contribution is 2.21. The highest BCUT2D eigenvalue weighted by atomic mass is 35.5. The Morgan fingerprint density at radius 2 is 1.88 bits per heavy atom. The van der Waals surface area contributed by atoms with Crippen LogP contribution in [0.2, 0.25) is 5.02 Å². The molecule has 2 aliphatic rings. The number of nitrogens with zero attached hydrogens (tertiary/aromatic N) is 2. The lowest BCUT2D eigenvalue weighted by atomic mass is 9.98. The van der Waals surface area contributed by atoms with Crippen molar-refractivity contribution in [2.45, 2.75) is 12.8 Å². The van der Waals surface area contributed by atoms with Gasteiger partial charge in [-0.15, -0.1) is 0 Å². The number of piperazine rings is 1. The molecule has 0 bridgehead atoms. The number of benzene rings is 1. The van der Waals surface area contributed by atoms with Crippen LogP contribution in [0.1, 0.15) is 23.2 Å². The van der Waals surface area contributed by atoms with Crippen LogP contribution in [0.4, 0.5) is 4.39 Å². The standard InChI is InChI=1S/C17H21ClFN3O2/c18-15-10-13(19)3-4-14(15)17(24)22-8-6-21(7-9-22)16(23)12-2-1-5-20-11-12/h3-4,10,12,20H,1-2,5-9,11H2. The molecule has 0 radical (unpaired) electrons. The van der Waals surface area contributed by atoms with E-state index in [-0.39, 0.29) is 22.8 Å². The van der Waals surface area contributed by atoms with Crippen molar-refractivity contribution in [1.82, 2.24) is 15.1 Å². The van der Waals surface area contributed by atoms with E-state index in [1.165, 1.54) is 12.1 Å². The molecule has 2 fully saturated rings. The Balaban J connectivity index is 1.58. The predicted octanol–water partition coefficient (Wildman–Crippen LogP) is 1.76. The Labute approximate surface area is 145 Å². The van der Waals surface area contributed by atoms with Crippen molar-refractivity contribution in [3.63, 3.8) is 0 Å². The fourth-order valence-corrected chi connectivity index (χ4v) is 3.53. The maximum Gasteiger partial charge on any atom is 0.255 e. The van der Waals surface area contributed by atoms with Crippen LogP contribution in [0.15, 0.2) is 18.2 Å². The lowest BCUT2D eigenvalue weighted by Crippen LogP contribution is -2.53. The third-order valence-electron chi connectivity index (χ3n) is 4.69. The molecule has 130 valence electrons. The monoisotopic (exact) mass is 353 g/mol. The van der Waals surface area contributed by atoms with Crippen molar-refractivity contribution >= 4 is 23.4 Å². The lowest BCUT2D eigenvalue weighted by molar-refractivity contribution is -0.137. The molecule has 1 aromatic carbocycles. The van der Waals surface area contributed by atoms with Gasteiger partial charge in [-0.1, -0.05) is 11.6 Å². The first-order valence-electron chi connectivity index (χ1n) is 8.30. The molecule has 0 saturated carbocycles. The van der Waals surface area contributed by atoms with Crippen molar-refractivity contribution in [1.29, 1.82) is 0 Å². The minimum atomic E-state index is -0.465. The zero-order chi connectivity index (χ0) is 17.1. The van der Waals surface area contributed by atoms with Gasteiger partial charge in [-0.3, -0.25) is 9.59 Å². The zero-order valence-corrected chi connectivity index (χ0v) is 14.2. The second-order valence-electron chi connectivity index (χ2n) is 6.28. The fourth-order valence-electron chi connectivity index (χ4n) is 3.28. The summed E-state index contributed by atoms with van der Waals surface area (Å²) in [5.41, 5.74) is 0.300. The number of rotatable bonds is 2. The maximum absolute atomic E-state index is 13.1. The zero-order valence-electron chi connectivity index (χ0n) is 13.4. The maximum atomic E-state index is 13.1. The van der Waals surface area contributed by atoms with Crippen molar-refractivity contribution in [2.75, 3.05) is 39.3 Å². The second-order valence-corrected chi connectivity index (χ2v) is 6.69. The summed E-state index contributed by atoms with van der Waals surface area (Å²) in [5, 5.41) is 3.37. The average Bonchev–Trinajstić information content (AvgIpc) is 2.61. The number of amides is 2. The summed E-state index contributed by atoms with van der Waals surface area (Å²) in [5.74, 6) is -0.457. The van der Waals surface area contributed by atoms with Crippen molar-refractivity contribution in [3.05, 3.63) is 34.6 Å². The number of carbonyl (C=O) groups excluding carboxylic acids is 2. The molecule has 0 spiro atoms. The Bertz CT molecular complexity index is 626. The predicted molar refractivity (Wildman–Crippen MR) is 89.5 cm³/mol. The van der Waals surface area contributed by atoms with E-state index in [9.17, 15) is 14.0 Å². The number of nitrogens with one attached hydrogen (secondary N) is 1. The normalized spacial score (nSPS) is 21.7. The van der Waals surface area contributed by atoms with Crippen LogP contribution < -0.4 is 5.32 Å². The van der Waals surface area contributed by atoms with Crippen molar-refractivity contribution in [3.8, 4) is 0 Å². The first-order chi connectivity index (χ1) is 11.6. The summed E-state index contributed by atoms with van der Waals surface area (Å²) < 4.78 is 13.1. The van der Waals surface area contributed by atoms with Gasteiger partial charge in [0.1, 0.15) is 5.82 Å². The SMILES string of the molecule is O=C(c1ccc(F)cc1Cl)N1CCN(C(=O)C2CCCNC2)CC1. The van der Waals surface area contributed by atoms with E-state index in [0.29, 0.717) is 31.7 Å². The van der Waals surface area contributed by atoms with Gasteiger partial charge in [0.25, 0.3) is 5.91 Å². The molecule has 2 amide bonds. The number of hydrogen-bond donors (Lipinski definition) is 1. The summed E-state index contributed by atoms with van der Waals surface area (Å²) >= 11 is 5.97. The first-order valence-corrected chi connectivity index (χ1v) is 8.68.